The Hall–Kier alpha value is -1.000. The molecule has 0 unspecified atom stereocenters. The highest BCUT2D eigenvalue weighted by molar-refractivity contribution is 9.10. The van der Waals surface area contributed by atoms with E-state index >= 15 is 0 Å². The maximum absolute atomic E-state index is 11.1. The Balaban J connectivity index is 2.37. The standard InChI is InChI=1S/C11H8BrNOS/c1-7(14)10-6-13-11(15-10)8-2-4-9(12)5-3-8/h2-6H,1H3. The van der Waals surface area contributed by atoms with Crippen molar-refractivity contribution in [2.75, 3.05) is 0 Å². The van der Waals surface area contributed by atoms with Crippen molar-refractivity contribution in [3.8, 4) is 10.6 Å². The molecule has 2 aromatic rings. The zero-order chi connectivity index (χ0) is 10.8. The molecule has 2 rings (SSSR count). The van der Waals surface area contributed by atoms with Gasteiger partial charge in [-0.05, 0) is 12.1 Å². The van der Waals surface area contributed by atoms with Crippen molar-refractivity contribution in [1.82, 2.24) is 4.98 Å². The van der Waals surface area contributed by atoms with E-state index in [0.29, 0.717) is 4.88 Å². The van der Waals surface area contributed by atoms with Crippen LogP contribution in [-0.4, -0.2) is 10.8 Å². The second-order valence-electron chi connectivity index (χ2n) is 3.09. The summed E-state index contributed by atoms with van der Waals surface area (Å²) >= 11 is 4.80. The summed E-state index contributed by atoms with van der Waals surface area (Å²) in [5.41, 5.74) is 1.04. The second-order valence-corrected chi connectivity index (χ2v) is 5.04. The quantitative estimate of drug-likeness (QED) is 0.785. The predicted octanol–water partition coefficient (Wildman–Crippen LogP) is 3.78. The molecule has 0 radical (unpaired) electrons. The van der Waals surface area contributed by atoms with Crippen LogP contribution in [0.3, 0.4) is 0 Å². The number of nitrogens with zero attached hydrogens (tertiary/aromatic N) is 1. The molecule has 0 aliphatic heterocycles. The molecule has 0 N–H and O–H groups in total. The molecule has 0 amide bonds. The summed E-state index contributed by atoms with van der Waals surface area (Å²) in [6.07, 6.45) is 1.63. The van der Waals surface area contributed by atoms with Crippen LogP contribution < -0.4 is 0 Å². The molecule has 0 aliphatic carbocycles. The molecular weight excluding hydrogens is 274 g/mol. The summed E-state index contributed by atoms with van der Waals surface area (Å²) in [5, 5.41) is 0.882. The van der Waals surface area contributed by atoms with Crippen LogP contribution in [0, 0.1) is 0 Å². The molecule has 4 heteroatoms. The third-order valence-electron chi connectivity index (χ3n) is 1.94. The summed E-state index contributed by atoms with van der Waals surface area (Å²) < 4.78 is 1.04. The highest BCUT2D eigenvalue weighted by Gasteiger charge is 2.07. The van der Waals surface area contributed by atoms with Gasteiger partial charge in [-0.2, -0.15) is 0 Å². The van der Waals surface area contributed by atoms with Gasteiger partial charge in [0.15, 0.2) is 5.78 Å². The fourth-order valence-electron chi connectivity index (χ4n) is 1.16. The molecule has 1 aromatic heterocycles. The number of halogens is 1. The Morgan fingerprint density at radius 2 is 2.00 bits per heavy atom. The Labute approximate surface area is 100 Å². The highest BCUT2D eigenvalue weighted by Crippen LogP contribution is 2.26. The lowest BCUT2D eigenvalue weighted by Gasteiger charge is -1.95. The van der Waals surface area contributed by atoms with Crippen molar-refractivity contribution in [2.24, 2.45) is 0 Å². The molecule has 76 valence electrons. The monoisotopic (exact) mass is 281 g/mol. The predicted molar refractivity (Wildman–Crippen MR) is 65.3 cm³/mol. The summed E-state index contributed by atoms with van der Waals surface area (Å²) in [5.74, 6) is 0.0656. The van der Waals surface area contributed by atoms with Gasteiger partial charge in [0, 0.05) is 23.2 Å². The molecular formula is C11H8BrNOS. The van der Waals surface area contributed by atoms with E-state index in [-0.39, 0.29) is 5.78 Å². The first kappa shape index (κ1) is 10.5. The number of thiazole rings is 1. The fraction of sp³-hybridized carbons (Fsp3) is 0.0909. The highest BCUT2D eigenvalue weighted by atomic mass is 79.9. The average Bonchev–Trinajstić information content (AvgIpc) is 2.68. The third-order valence-corrected chi connectivity index (χ3v) is 3.62. The van der Waals surface area contributed by atoms with E-state index < -0.39 is 0 Å². The molecule has 0 saturated carbocycles. The van der Waals surface area contributed by atoms with Gasteiger partial charge in [-0.3, -0.25) is 4.79 Å². The van der Waals surface area contributed by atoms with Gasteiger partial charge in [-0.15, -0.1) is 11.3 Å². The Morgan fingerprint density at radius 3 is 2.53 bits per heavy atom. The Morgan fingerprint density at radius 1 is 1.33 bits per heavy atom. The van der Waals surface area contributed by atoms with Gasteiger partial charge in [-0.1, -0.05) is 28.1 Å². The van der Waals surface area contributed by atoms with Crippen LogP contribution in [0.1, 0.15) is 16.6 Å². The molecule has 2 nitrogen and oxygen atoms in total. The number of hydrogen-bond donors (Lipinski definition) is 0. The van der Waals surface area contributed by atoms with Crippen LogP contribution in [0.15, 0.2) is 34.9 Å². The van der Waals surface area contributed by atoms with Crippen molar-refractivity contribution < 1.29 is 4.79 Å². The number of rotatable bonds is 2. The average molecular weight is 282 g/mol. The molecule has 0 aliphatic rings. The lowest BCUT2D eigenvalue weighted by molar-refractivity contribution is 0.102. The van der Waals surface area contributed by atoms with Crippen molar-refractivity contribution >= 4 is 33.0 Å². The third kappa shape index (κ3) is 2.33. The fourth-order valence-corrected chi connectivity index (χ4v) is 2.24. The van der Waals surface area contributed by atoms with Gasteiger partial charge in [0.25, 0.3) is 0 Å². The van der Waals surface area contributed by atoms with Crippen LogP contribution in [0.5, 0.6) is 0 Å². The number of ketones is 1. The van der Waals surface area contributed by atoms with Gasteiger partial charge in [0.05, 0.1) is 4.88 Å². The number of carbonyl (C=O) groups is 1. The van der Waals surface area contributed by atoms with E-state index in [1.165, 1.54) is 11.3 Å². The minimum Gasteiger partial charge on any atom is -0.294 e. The zero-order valence-electron chi connectivity index (χ0n) is 8.03. The number of benzene rings is 1. The maximum Gasteiger partial charge on any atom is 0.171 e. The first-order valence-electron chi connectivity index (χ1n) is 4.39. The summed E-state index contributed by atoms with van der Waals surface area (Å²) in [4.78, 5) is 16.0. The van der Waals surface area contributed by atoms with E-state index in [9.17, 15) is 4.79 Å². The summed E-state index contributed by atoms with van der Waals surface area (Å²) in [7, 11) is 0. The first-order chi connectivity index (χ1) is 7.16. The van der Waals surface area contributed by atoms with Crippen LogP contribution >= 0.6 is 27.3 Å². The molecule has 1 aromatic carbocycles. The van der Waals surface area contributed by atoms with Crippen molar-refractivity contribution in [3.63, 3.8) is 0 Å². The number of hydrogen-bond acceptors (Lipinski definition) is 3. The van der Waals surface area contributed by atoms with Crippen LogP contribution in [0.2, 0.25) is 0 Å². The Kier molecular flexibility index (Phi) is 2.98. The SMILES string of the molecule is CC(=O)c1cnc(-c2ccc(Br)cc2)s1. The minimum absolute atomic E-state index is 0.0656. The van der Waals surface area contributed by atoms with Gasteiger partial charge in [0.2, 0.25) is 0 Å². The maximum atomic E-state index is 11.1. The largest absolute Gasteiger partial charge is 0.294 e. The van der Waals surface area contributed by atoms with E-state index in [1.54, 1.807) is 13.1 Å². The normalized spacial score (nSPS) is 10.3. The van der Waals surface area contributed by atoms with Gasteiger partial charge < -0.3 is 0 Å². The van der Waals surface area contributed by atoms with Crippen molar-refractivity contribution in [2.45, 2.75) is 6.92 Å². The minimum atomic E-state index is 0.0656. The lowest BCUT2D eigenvalue weighted by Crippen LogP contribution is -1.83. The summed E-state index contributed by atoms with van der Waals surface area (Å²) in [6.45, 7) is 1.55. The molecule has 0 spiro atoms. The van der Waals surface area contributed by atoms with Gasteiger partial charge >= 0.3 is 0 Å². The molecule has 0 bridgehead atoms. The molecule has 0 saturated heterocycles. The van der Waals surface area contributed by atoms with E-state index in [2.05, 4.69) is 20.9 Å². The number of carbonyl (C=O) groups excluding carboxylic acids is 1. The van der Waals surface area contributed by atoms with Gasteiger partial charge in [-0.25, -0.2) is 4.98 Å². The van der Waals surface area contributed by atoms with Crippen molar-refractivity contribution in [1.29, 1.82) is 0 Å². The van der Waals surface area contributed by atoms with Crippen molar-refractivity contribution in [3.05, 3.63) is 39.8 Å². The van der Waals surface area contributed by atoms with E-state index in [4.69, 9.17) is 0 Å². The Bertz CT molecular complexity index is 490. The molecule has 1 heterocycles. The smallest absolute Gasteiger partial charge is 0.171 e. The molecule has 15 heavy (non-hydrogen) atoms. The van der Waals surface area contributed by atoms with Gasteiger partial charge in [0.1, 0.15) is 5.01 Å². The first-order valence-corrected chi connectivity index (χ1v) is 6.00. The second kappa shape index (κ2) is 4.24. The van der Waals surface area contributed by atoms with E-state index in [0.717, 1.165) is 15.0 Å². The van der Waals surface area contributed by atoms with E-state index in [1.807, 2.05) is 24.3 Å². The van der Waals surface area contributed by atoms with Crippen LogP contribution in [0.4, 0.5) is 0 Å². The topological polar surface area (TPSA) is 30.0 Å². The lowest BCUT2D eigenvalue weighted by atomic mass is 10.2. The molecule has 0 fully saturated rings. The number of aromatic nitrogens is 1. The van der Waals surface area contributed by atoms with Crippen LogP contribution in [0.25, 0.3) is 10.6 Å². The van der Waals surface area contributed by atoms with Crippen LogP contribution in [-0.2, 0) is 0 Å². The molecule has 0 atom stereocenters. The number of Topliss-reactive ketones (excluding diaryl/α,β-unsaturated/α-hetero) is 1. The zero-order valence-corrected chi connectivity index (χ0v) is 10.4. The summed E-state index contributed by atoms with van der Waals surface area (Å²) in [6, 6.07) is 7.88.